The summed E-state index contributed by atoms with van der Waals surface area (Å²) in [4.78, 5) is 54.1. The smallest absolute Gasteiger partial charge is 0.240 e. The van der Waals surface area contributed by atoms with Gasteiger partial charge in [-0.1, -0.05) is 113 Å². The van der Waals surface area contributed by atoms with E-state index in [4.69, 9.17) is 9.97 Å². The number of nitrogens with zero attached hydrogens (tertiary/aromatic N) is 6. The number of aromatic amines is 2. The lowest BCUT2D eigenvalue weighted by Gasteiger charge is -2.35. The van der Waals surface area contributed by atoms with Gasteiger partial charge in [0.05, 0.1) is 47.9 Å². The average molecular weight is 843 g/mol. The van der Waals surface area contributed by atoms with Crippen molar-refractivity contribution in [3.05, 3.63) is 143 Å². The number of carbonyl (C=O) groups is 2. The molecule has 4 aromatic carbocycles. The molecule has 9 rings (SSSR count). The van der Waals surface area contributed by atoms with Gasteiger partial charge in [0.2, 0.25) is 11.8 Å². The largest absolute Gasteiger partial charge is 0.340 e. The molecule has 2 fully saturated rings. The molecule has 4 heterocycles. The zero-order valence-electron chi connectivity index (χ0n) is 37.7. The lowest BCUT2D eigenvalue weighted by molar-refractivity contribution is -0.140. The molecule has 0 bridgehead atoms. The molecule has 2 N–H and O–H groups in total. The van der Waals surface area contributed by atoms with E-state index in [-0.39, 0.29) is 47.8 Å². The van der Waals surface area contributed by atoms with E-state index in [0.29, 0.717) is 0 Å². The van der Waals surface area contributed by atoms with Crippen molar-refractivity contribution < 1.29 is 9.59 Å². The van der Waals surface area contributed by atoms with Crippen LogP contribution in [-0.2, 0) is 29.1 Å². The monoisotopic (exact) mass is 842 g/mol. The highest BCUT2D eigenvalue weighted by Crippen LogP contribution is 2.41. The Hall–Kier alpha value is -5.84. The number of H-pyrrole nitrogens is 2. The summed E-state index contributed by atoms with van der Waals surface area (Å²) in [5.41, 5.74) is 11.6. The number of hydrogen-bond acceptors (Lipinski definition) is 6. The fourth-order valence-electron chi connectivity index (χ4n) is 10.7. The molecule has 10 nitrogen and oxygen atoms in total. The van der Waals surface area contributed by atoms with E-state index in [9.17, 15) is 9.59 Å². The van der Waals surface area contributed by atoms with Crippen molar-refractivity contribution in [2.24, 2.45) is 11.8 Å². The first-order valence-electron chi connectivity index (χ1n) is 23.0. The number of aromatic nitrogens is 4. The van der Waals surface area contributed by atoms with Crippen molar-refractivity contribution in [1.82, 2.24) is 39.5 Å². The highest BCUT2D eigenvalue weighted by Gasteiger charge is 2.40. The Morgan fingerprint density at radius 1 is 0.619 bits per heavy atom. The predicted octanol–water partition coefficient (Wildman–Crippen LogP) is 9.68. The van der Waals surface area contributed by atoms with Crippen molar-refractivity contribution in [2.45, 2.75) is 97.1 Å². The fourth-order valence-corrected chi connectivity index (χ4v) is 10.7. The third-order valence-electron chi connectivity index (χ3n) is 13.7. The Morgan fingerprint density at radius 3 is 1.43 bits per heavy atom. The van der Waals surface area contributed by atoms with E-state index < -0.39 is 0 Å². The van der Waals surface area contributed by atoms with Gasteiger partial charge >= 0.3 is 0 Å². The molecule has 0 spiro atoms. The zero-order chi connectivity index (χ0) is 43.8. The van der Waals surface area contributed by atoms with E-state index in [2.05, 4.69) is 156 Å². The molecule has 1 aliphatic carbocycles. The fraction of sp³-hybridized carbons (Fsp3) is 0.396. The molecule has 0 saturated carbocycles. The molecular formula is C53H62N8O2. The molecule has 0 radical (unpaired) electrons. The van der Waals surface area contributed by atoms with Gasteiger partial charge in [0.25, 0.3) is 0 Å². The maximum Gasteiger partial charge on any atom is 0.240 e. The highest BCUT2D eigenvalue weighted by molar-refractivity contribution is 5.84. The van der Waals surface area contributed by atoms with Crippen LogP contribution in [0.1, 0.15) is 99.4 Å². The third-order valence-corrected chi connectivity index (χ3v) is 13.7. The van der Waals surface area contributed by atoms with Gasteiger partial charge in [-0.2, -0.15) is 0 Å². The Morgan fingerprint density at radius 2 is 1.03 bits per heavy atom. The van der Waals surface area contributed by atoms with Gasteiger partial charge in [-0.15, -0.1) is 0 Å². The number of hydrogen-bond donors (Lipinski definition) is 2. The van der Waals surface area contributed by atoms with Crippen LogP contribution in [0.4, 0.5) is 0 Å². The van der Waals surface area contributed by atoms with Crippen LogP contribution in [0.5, 0.6) is 0 Å². The van der Waals surface area contributed by atoms with Gasteiger partial charge in [0.1, 0.15) is 11.6 Å². The molecule has 6 aromatic rings. The molecule has 2 saturated heterocycles. The highest BCUT2D eigenvalue weighted by atomic mass is 16.2. The van der Waals surface area contributed by atoms with E-state index in [1.54, 1.807) is 0 Å². The van der Waals surface area contributed by atoms with Crippen molar-refractivity contribution in [2.75, 3.05) is 27.2 Å². The molecule has 2 aromatic heterocycles. The number of likely N-dealkylation sites (tertiary alicyclic amines) is 2. The summed E-state index contributed by atoms with van der Waals surface area (Å²) >= 11 is 0. The van der Waals surface area contributed by atoms with E-state index >= 15 is 0 Å². The second-order valence-electron chi connectivity index (χ2n) is 18.8. The lowest BCUT2D eigenvalue weighted by atomic mass is 10.00. The number of amides is 2. The molecule has 3 aliphatic rings. The first kappa shape index (κ1) is 42.5. The van der Waals surface area contributed by atoms with Crippen molar-refractivity contribution in [1.29, 1.82) is 0 Å². The van der Waals surface area contributed by atoms with Gasteiger partial charge < -0.3 is 19.8 Å². The number of nitrogens with one attached hydrogen (secondary N) is 2. The summed E-state index contributed by atoms with van der Waals surface area (Å²) in [6.45, 7) is 11.5. The maximum atomic E-state index is 14.3. The van der Waals surface area contributed by atoms with Crippen LogP contribution in [-0.4, -0.2) is 90.6 Å². The van der Waals surface area contributed by atoms with Gasteiger partial charge in [0, 0.05) is 26.2 Å². The van der Waals surface area contributed by atoms with Crippen LogP contribution in [0.15, 0.2) is 109 Å². The normalized spacial score (nSPS) is 18.2. The van der Waals surface area contributed by atoms with Gasteiger partial charge in [0.15, 0.2) is 0 Å². The van der Waals surface area contributed by atoms with E-state index in [1.807, 2.05) is 24.5 Å². The molecule has 63 heavy (non-hydrogen) atoms. The summed E-state index contributed by atoms with van der Waals surface area (Å²) in [6, 6.07) is 33.6. The average Bonchev–Trinajstić information content (AvgIpc) is 4.13. The third kappa shape index (κ3) is 8.63. The summed E-state index contributed by atoms with van der Waals surface area (Å²) in [5.74, 6) is 2.42. The van der Waals surface area contributed by atoms with Crippen LogP contribution in [0.25, 0.3) is 33.6 Å². The first-order chi connectivity index (χ1) is 30.5. The minimum atomic E-state index is -0.219. The first-order valence-corrected chi connectivity index (χ1v) is 23.0. The summed E-state index contributed by atoms with van der Waals surface area (Å²) < 4.78 is 0. The quantitative estimate of drug-likeness (QED) is 0.113. The maximum absolute atomic E-state index is 14.3. The molecule has 326 valence electrons. The minimum absolute atomic E-state index is 0.0708. The van der Waals surface area contributed by atoms with Gasteiger partial charge in [-0.05, 0) is 115 Å². The number of imidazole rings is 2. The van der Waals surface area contributed by atoms with Gasteiger partial charge in [-0.3, -0.25) is 19.4 Å². The SMILES string of the molecule is CC(C)C(C(=O)N1CCC[C@@H]1c1ncc(-c2ccc3c(c2)Cc2cc(-c4cnc([C@H]5CCCN5C(=O)C(C(C)C)N(C)Cc5ccccc5)[nH]4)ccc2-3)[nH]1)N(C)Cc1ccccc1. The molecule has 10 heteroatoms. The number of fused-ring (bicyclic) bond motifs is 3. The van der Waals surface area contributed by atoms with Crippen LogP contribution in [0, 0.1) is 11.8 Å². The number of likely N-dealkylation sites (N-methyl/N-ethyl adjacent to an activating group) is 2. The second-order valence-corrected chi connectivity index (χ2v) is 18.8. The lowest BCUT2D eigenvalue weighted by Crippen LogP contribution is -2.49. The number of carbonyl (C=O) groups excluding carboxylic acids is 2. The van der Waals surface area contributed by atoms with E-state index in [1.165, 1.54) is 33.4 Å². The number of rotatable bonds is 14. The van der Waals surface area contributed by atoms with Gasteiger partial charge in [-0.25, -0.2) is 9.97 Å². The van der Waals surface area contributed by atoms with Crippen molar-refractivity contribution in [3.8, 4) is 33.6 Å². The molecule has 4 atom stereocenters. The van der Waals surface area contributed by atoms with Crippen LogP contribution in [0.2, 0.25) is 0 Å². The van der Waals surface area contributed by atoms with E-state index in [0.717, 1.165) is 92.4 Å². The molecule has 2 aliphatic heterocycles. The van der Waals surface area contributed by atoms with Crippen LogP contribution >= 0.6 is 0 Å². The predicted molar refractivity (Wildman–Crippen MR) is 250 cm³/mol. The standard InChI is InChI=1S/C53H62N8O2/c1-34(2)48(58(5)32-36-15-9-7-10-16-36)52(62)60-25-13-19-46(60)50-54-30-44(56-50)38-21-23-42-40(27-38)29-41-28-39(22-24-43(41)42)45-31-55-51(57-45)47-20-14-26-61(47)53(63)49(35(3)4)59(6)33-37-17-11-8-12-18-37/h7-12,15-18,21-24,27-28,30-31,34-35,46-49H,13-14,19-20,25-26,29,32-33H2,1-6H3,(H,54,56)(H,55,57)/t46-,47-,48?,49?/m1/s1. The van der Waals surface area contributed by atoms with Crippen molar-refractivity contribution in [3.63, 3.8) is 0 Å². The summed E-state index contributed by atoms with van der Waals surface area (Å²) in [7, 11) is 4.13. The van der Waals surface area contributed by atoms with Crippen LogP contribution in [0.3, 0.4) is 0 Å². The molecule has 2 unspecified atom stereocenters. The second kappa shape index (κ2) is 18.1. The minimum Gasteiger partial charge on any atom is -0.340 e. The Labute approximate surface area is 372 Å². The molecular weight excluding hydrogens is 781 g/mol. The Balaban J connectivity index is 0.871. The Bertz CT molecular complexity index is 2370. The topological polar surface area (TPSA) is 104 Å². The van der Waals surface area contributed by atoms with Crippen LogP contribution < -0.4 is 0 Å². The van der Waals surface area contributed by atoms with Crippen molar-refractivity contribution >= 4 is 11.8 Å². The summed E-state index contributed by atoms with van der Waals surface area (Å²) in [6.07, 6.45) is 8.42. The number of benzene rings is 4. The molecule has 2 amide bonds. The summed E-state index contributed by atoms with van der Waals surface area (Å²) in [5, 5.41) is 0. The zero-order valence-corrected chi connectivity index (χ0v) is 37.7. The Kier molecular flexibility index (Phi) is 12.2.